The molecular weight excluding hydrogens is 785 g/mol. The largest absolute Gasteiger partial charge is 0.459 e. The van der Waals surface area contributed by atoms with Gasteiger partial charge in [0.05, 0.1) is 11.1 Å². The van der Waals surface area contributed by atoms with E-state index in [1.807, 2.05) is 12.1 Å². The van der Waals surface area contributed by atoms with Gasteiger partial charge in [-0.15, -0.1) is 0 Å². The van der Waals surface area contributed by atoms with Crippen LogP contribution in [0.3, 0.4) is 0 Å². The van der Waals surface area contributed by atoms with E-state index in [1.165, 1.54) is 244 Å². The Balaban J connectivity index is 2.64. The summed E-state index contributed by atoms with van der Waals surface area (Å²) >= 11 is 0. The minimum atomic E-state index is -0.362. The lowest BCUT2D eigenvalue weighted by atomic mass is 10.0. The molecule has 0 heterocycles. The number of carbonyl (C=O) groups is 2. The Morgan fingerprint density at radius 1 is 0.297 bits per heavy atom. The van der Waals surface area contributed by atoms with Crippen molar-refractivity contribution in [2.45, 2.75) is 335 Å². The fourth-order valence-electron chi connectivity index (χ4n) is 9.58. The lowest BCUT2D eigenvalue weighted by Gasteiger charge is -2.21. The fraction of sp³-hybridized carbons (Fsp3) is 0.867. The highest BCUT2D eigenvalue weighted by Crippen LogP contribution is 2.24. The van der Waals surface area contributed by atoms with Crippen LogP contribution in [0.1, 0.15) is 344 Å². The van der Waals surface area contributed by atoms with Gasteiger partial charge in [-0.1, -0.05) is 284 Å². The van der Waals surface area contributed by atoms with Gasteiger partial charge >= 0.3 is 11.9 Å². The molecule has 0 spiro atoms. The minimum absolute atomic E-state index is 0.102. The normalized spacial score (nSPS) is 12.4. The van der Waals surface area contributed by atoms with Crippen LogP contribution < -0.4 is 0 Å². The summed E-state index contributed by atoms with van der Waals surface area (Å²) in [5.41, 5.74) is 0.726. The third kappa shape index (κ3) is 37.3. The van der Waals surface area contributed by atoms with E-state index in [0.717, 1.165) is 51.4 Å². The van der Waals surface area contributed by atoms with Crippen LogP contribution in [-0.2, 0) is 9.47 Å². The number of unbranched alkanes of at least 4 members (excludes halogenated alkanes) is 38. The maximum Gasteiger partial charge on any atom is 0.339 e. The maximum absolute atomic E-state index is 13.9. The first-order valence-electron chi connectivity index (χ1n) is 29.1. The zero-order chi connectivity index (χ0) is 46.2. The predicted molar refractivity (Wildman–Crippen MR) is 280 cm³/mol. The van der Waals surface area contributed by atoms with Crippen molar-refractivity contribution < 1.29 is 19.1 Å². The van der Waals surface area contributed by atoms with Crippen molar-refractivity contribution in [3.8, 4) is 0 Å². The van der Waals surface area contributed by atoms with Crippen molar-refractivity contribution >= 4 is 11.9 Å². The molecule has 0 radical (unpaired) electrons. The summed E-state index contributed by atoms with van der Waals surface area (Å²) in [7, 11) is 0. The second-order valence-corrected chi connectivity index (χ2v) is 20.2. The van der Waals surface area contributed by atoms with Gasteiger partial charge in [0.25, 0.3) is 0 Å². The van der Waals surface area contributed by atoms with E-state index in [0.29, 0.717) is 11.1 Å². The van der Waals surface area contributed by atoms with Gasteiger partial charge < -0.3 is 9.47 Å². The molecule has 4 heteroatoms. The van der Waals surface area contributed by atoms with Crippen LogP contribution in [0.25, 0.3) is 0 Å². The number of rotatable bonds is 50. The summed E-state index contributed by atoms with van der Waals surface area (Å²) in [4.78, 5) is 27.8. The smallest absolute Gasteiger partial charge is 0.339 e. The first-order chi connectivity index (χ1) is 31.6. The predicted octanol–water partition coefficient (Wildman–Crippen LogP) is 20.8. The van der Waals surface area contributed by atoms with Crippen molar-refractivity contribution in [2.24, 2.45) is 0 Å². The van der Waals surface area contributed by atoms with Gasteiger partial charge in [-0.3, -0.25) is 0 Å². The summed E-state index contributed by atoms with van der Waals surface area (Å²) in [5, 5.41) is 0. The van der Waals surface area contributed by atoms with Crippen LogP contribution in [0.5, 0.6) is 0 Å². The Hall–Kier alpha value is -1.84. The monoisotopic (exact) mass is 895 g/mol. The van der Waals surface area contributed by atoms with Crippen molar-refractivity contribution in [1.82, 2.24) is 0 Å². The standard InChI is InChI=1S/C60H110O4/c1-5-9-13-17-21-23-25-27-29-31-33-35-37-41-45-51-55(49-43-39-19-15-11-7-3)63-59(61)57-53-47-48-54-58(57)60(62)64-56(50-44-40-20-16-12-8-4)52-46-42-38-36-34-32-30-28-26-24-22-18-14-10-6-2/h47-48,53-56H,5-46,49-52H2,1-4H3. The zero-order valence-corrected chi connectivity index (χ0v) is 43.6. The third-order valence-electron chi connectivity index (χ3n) is 13.9. The van der Waals surface area contributed by atoms with Gasteiger partial charge in [0.1, 0.15) is 12.2 Å². The molecule has 2 unspecified atom stereocenters. The first kappa shape index (κ1) is 60.2. The molecule has 1 aromatic rings. The summed E-state index contributed by atoms with van der Waals surface area (Å²) in [6.45, 7) is 9.11. The highest BCUT2D eigenvalue weighted by Gasteiger charge is 2.24. The number of hydrogen-bond acceptors (Lipinski definition) is 4. The highest BCUT2D eigenvalue weighted by atomic mass is 16.5. The molecule has 2 atom stereocenters. The van der Waals surface area contributed by atoms with Gasteiger partial charge in [-0.25, -0.2) is 9.59 Å². The number of esters is 2. The molecule has 0 aliphatic rings. The van der Waals surface area contributed by atoms with Crippen LogP contribution in [0.15, 0.2) is 24.3 Å². The third-order valence-corrected chi connectivity index (χ3v) is 13.9. The van der Waals surface area contributed by atoms with Crippen LogP contribution in [0.4, 0.5) is 0 Å². The first-order valence-corrected chi connectivity index (χ1v) is 29.1. The van der Waals surface area contributed by atoms with E-state index in [1.54, 1.807) is 12.1 Å². The molecule has 1 aromatic carbocycles. The second kappa shape index (κ2) is 47.6. The van der Waals surface area contributed by atoms with Gasteiger partial charge in [0.15, 0.2) is 0 Å². The molecule has 0 saturated heterocycles. The van der Waals surface area contributed by atoms with Crippen molar-refractivity contribution in [1.29, 1.82) is 0 Å². The number of benzene rings is 1. The van der Waals surface area contributed by atoms with Gasteiger partial charge in [0, 0.05) is 0 Å². The number of carbonyl (C=O) groups excluding carboxylic acids is 2. The lowest BCUT2D eigenvalue weighted by Crippen LogP contribution is -2.23. The van der Waals surface area contributed by atoms with E-state index < -0.39 is 0 Å². The fourth-order valence-corrected chi connectivity index (χ4v) is 9.58. The van der Waals surface area contributed by atoms with Crippen molar-refractivity contribution in [3.63, 3.8) is 0 Å². The molecular formula is C60H110O4. The maximum atomic E-state index is 13.9. The molecule has 1 rings (SSSR count). The van der Waals surface area contributed by atoms with E-state index in [2.05, 4.69) is 27.7 Å². The average molecular weight is 896 g/mol. The average Bonchev–Trinajstić information content (AvgIpc) is 3.30. The van der Waals surface area contributed by atoms with Gasteiger partial charge in [0.2, 0.25) is 0 Å². The second-order valence-electron chi connectivity index (χ2n) is 20.2. The molecule has 0 aromatic heterocycles. The van der Waals surface area contributed by atoms with Crippen LogP contribution in [0, 0.1) is 0 Å². The molecule has 4 nitrogen and oxygen atoms in total. The molecule has 374 valence electrons. The minimum Gasteiger partial charge on any atom is -0.459 e. The Bertz CT molecular complexity index is 1040. The Morgan fingerprint density at radius 3 is 0.656 bits per heavy atom. The molecule has 0 fully saturated rings. The van der Waals surface area contributed by atoms with E-state index in [4.69, 9.17) is 9.47 Å². The van der Waals surface area contributed by atoms with E-state index in [9.17, 15) is 9.59 Å². The SMILES string of the molecule is CCCCCCCCCCCCCCCCCC(CCCCCCCC)OC(=O)c1ccccc1C(=O)OC(CCCCCCCC)CCCCCCCCCCCCCCCCC. The molecule has 0 aliphatic heterocycles. The molecule has 0 amide bonds. The van der Waals surface area contributed by atoms with Crippen LogP contribution in [-0.4, -0.2) is 24.1 Å². The summed E-state index contributed by atoms with van der Waals surface area (Å²) < 4.78 is 12.6. The summed E-state index contributed by atoms with van der Waals surface area (Å²) in [6.07, 6.45) is 58.6. The van der Waals surface area contributed by atoms with Crippen LogP contribution >= 0.6 is 0 Å². The Kier molecular flexibility index (Phi) is 44.8. The zero-order valence-electron chi connectivity index (χ0n) is 43.6. The van der Waals surface area contributed by atoms with Gasteiger partial charge in [-0.2, -0.15) is 0 Å². The lowest BCUT2D eigenvalue weighted by molar-refractivity contribution is 0.0201. The summed E-state index contributed by atoms with van der Waals surface area (Å²) in [5.74, 6) is -0.723. The van der Waals surface area contributed by atoms with Gasteiger partial charge in [-0.05, 0) is 63.5 Å². The Labute approximate surface area is 400 Å². The van der Waals surface area contributed by atoms with E-state index in [-0.39, 0.29) is 24.1 Å². The molecule has 0 N–H and O–H groups in total. The molecule has 64 heavy (non-hydrogen) atoms. The van der Waals surface area contributed by atoms with Crippen LogP contribution in [0.2, 0.25) is 0 Å². The summed E-state index contributed by atoms with van der Waals surface area (Å²) in [6, 6.07) is 7.25. The number of hydrogen-bond donors (Lipinski definition) is 0. The molecule has 0 aliphatic carbocycles. The topological polar surface area (TPSA) is 52.6 Å². The molecule has 0 saturated carbocycles. The van der Waals surface area contributed by atoms with Crippen molar-refractivity contribution in [3.05, 3.63) is 35.4 Å². The van der Waals surface area contributed by atoms with Crippen molar-refractivity contribution in [2.75, 3.05) is 0 Å². The highest BCUT2D eigenvalue weighted by molar-refractivity contribution is 6.03. The quantitative estimate of drug-likeness (QED) is 0.0483. The Morgan fingerprint density at radius 2 is 0.469 bits per heavy atom. The number of ether oxygens (including phenoxy) is 2. The van der Waals surface area contributed by atoms with E-state index >= 15 is 0 Å². The molecule has 0 bridgehead atoms.